The Kier molecular flexibility index (Phi) is 4.85. The Morgan fingerprint density at radius 3 is 2.60 bits per heavy atom. The Balaban J connectivity index is 3.17. The summed E-state index contributed by atoms with van der Waals surface area (Å²) in [5.41, 5.74) is 5.59. The molecule has 20 heavy (non-hydrogen) atoms. The quantitative estimate of drug-likeness (QED) is 0.813. The number of nitrogens with one attached hydrogen (secondary N) is 1. The number of carbonyl (C=O) groups is 1. The second-order valence-electron chi connectivity index (χ2n) is 4.27. The van der Waals surface area contributed by atoms with E-state index in [-0.39, 0.29) is 23.2 Å². The molecule has 0 aliphatic carbocycles. The molecule has 1 rings (SSSR count). The number of nitrogen functional groups attached to an aromatic ring is 1. The van der Waals surface area contributed by atoms with Gasteiger partial charge in [-0.2, -0.15) is 18.3 Å². The molecule has 9 heteroatoms. The SMILES string of the molecule is CCC(C)n1nc(NCC(F)(F)F)c(C(=O)OC)c1N. The summed E-state index contributed by atoms with van der Waals surface area (Å²) in [7, 11) is 1.12. The number of anilines is 2. The minimum absolute atomic E-state index is 0.0177. The lowest BCUT2D eigenvalue weighted by atomic mass is 10.2. The van der Waals surface area contributed by atoms with E-state index in [0.717, 1.165) is 7.11 Å². The number of aromatic nitrogens is 2. The fourth-order valence-corrected chi connectivity index (χ4v) is 1.57. The molecule has 0 bridgehead atoms. The summed E-state index contributed by atoms with van der Waals surface area (Å²) in [5, 5.41) is 6.00. The second kappa shape index (κ2) is 6.02. The van der Waals surface area contributed by atoms with E-state index in [1.165, 1.54) is 4.68 Å². The van der Waals surface area contributed by atoms with Crippen LogP contribution in [0.25, 0.3) is 0 Å². The number of nitrogens with zero attached hydrogens (tertiary/aromatic N) is 2. The Morgan fingerprint density at radius 2 is 2.15 bits per heavy atom. The van der Waals surface area contributed by atoms with Gasteiger partial charge in [-0.05, 0) is 13.3 Å². The highest BCUT2D eigenvalue weighted by molar-refractivity contribution is 5.99. The molecule has 0 saturated heterocycles. The first kappa shape index (κ1) is 16.1. The van der Waals surface area contributed by atoms with E-state index in [0.29, 0.717) is 6.42 Å². The zero-order valence-electron chi connectivity index (χ0n) is 11.4. The van der Waals surface area contributed by atoms with Crippen molar-refractivity contribution in [1.82, 2.24) is 9.78 Å². The molecular formula is C11H17F3N4O2. The number of ether oxygens (including phenoxy) is 1. The monoisotopic (exact) mass is 294 g/mol. The molecule has 1 atom stereocenters. The molecule has 1 unspecified atom stereocenters. The van der Waals surface area contributed by atoms with Gasteiger partial charge in [0.25, 0.3) is 0 Å². The number of halogens is 3. The van der Waals surface area contributed by atoms with Gasteiger partial charge in [0.1, 0.15) is 17.9 Å². The van der Waals surface area contributed by atoms with Gasteiger partial charge in [-0.15, -0.1) is 0 Å². The van der Waals surface area contributed by atoms with Crippen LogP contribution in [0.15, 0.2) is 0 Å². The summed E-state index contributed by atoms with van der Waals surface area (Å²) >= 11 is 0. The lowest BCUT2D eigenvalue weighted by Crippen LogP contribution is -2.22. The molecule has 3 N–H and O–H groups in total. The normalized spacial score (nSPS) is 13.1. The molecule has 0 aliphatic heterocycles. The van der Waals surface area contributed by atoms with Crippen LogP contribution in [0, 0.1) is 0 Å². The van der Waals surface area contributed by atoms with Crippen molar-refractivity contribution < 1.29 is 22.7 Å². The Labute approximate surface area is 114 Å². The zero-order valence-corrected chi connectivity index (χ0v) is 11.4. The summed E-state index contributed by atoms with van der Waals surface area (Å²) in [5.74, 6) is -1.08. The molecule has 6 nitrogen and oxygen atoms in total. The molecule has 0 aliphatic rings. The molecule has 1 aromatic rings. The van der Waals surface area contributed by atoms with Crippen LogP contribution in [0.5, 0.6) is 0 Å². The van der Waals surface area contributed by atoms with E-state index in [2.05, 4.69) is 15.2 Å². The average Bonchev–Trinajstić information content (AvgIpc) is 2.71. The average molecular weight is 294 g/mol. The topological polar surface area (TPSA) is 82.2 Å². The number of rotatable bonds is 5. The van der Waals surface area contributed by atoms with Gasteiger partial charge in [-0.25, -0.2) is 9.48 Å². The Hall–Kier alpha value is -1.93. The lowest BCUT2D eigenvalue weighted by Gasteiger charge is -2.10. The summed E-state index contributed by atoms with van der Waals surface area (Å²) in [6.45, 7) is 2.35. The molecule has 0 amide bonds. The summed E-state index contributed by atoms with van der Waals surface area (Å²) in [6, 6.07) is -0.153. The fourth-order valence-electron chi connectivity index (χ4n) is 1.57. The van der Waals surface area contributed by atoms with Crippen molar-refractivity contribution in [2.75, 3.05) is 24.7 Å². The number of esters is 1. The Morgan fingerprint density at radius 1 is 1.55 bits per heavy atom. The van der Waals surface area contributed by atoms with E-state index in [1.807, 2.05) is 6.92 Å². The summed E-state index contributed by atoms with van der Waals surface area (Å²) < 4.78 is 42.6. The first-order chi connectivity index (χ1) is 9.21. The van der Waals surface area contributed by atoms with Crippen molar-refractivity contribution in [3.05, 3.63) is 5.56 Å². The van der Waals surface area contributed by atoms with Crippen molar-refractivity contribution in [3.63, 3.8) is 0 Å². The van der Waals surface area contributed by atoms with E-state index in [1.54, 1.807) is 6.92 Å². The highest BCUT2D eigenvalue weighted by atomic mass is 19.4. The zero-order chi connectivity index (χ0) is 15.5. The van der Waals surface area contributed by atoms with Gasteiger partial charge in [0.2, 0.25) is 0 Å². The van der Waals surface area contributed by atoms with E-state index >= 15 is 0 Å². The van der Waals surface area contributed by atoms with Gasteiger partial charge in [0.05, 0.1) is 13.2 Å². The van der Waals surface area contributed by atoms with E-state index < -0.39 is 18.7 Å². The molecule has 1 aromatic heterocycles. The number of nitrogens with two attached hydrogens (primary N) is 1. The maximum atomic E-state index is 12.2. The molecule has 0 fully saturated rings. The van der Waals surface area contributed by atoms with Gasteiger partial charge >= 0.3 is 12.1 Å². The second-order valence-corrected chi connectivity index (χ2v) is 4.27. The highest BCUT2D eigenvalue weighted by Gasteiger charge is 2.30. The van der Waals surface area contributed by atoms with Crippen molar-refractivity contribution in [1.29, 1.82) is 0 Å². The Bertz CT molecular complexity index is 485. The summed E-state index contributed by atoms with van der Waals surface area (Å²) in [4.78, 5) is 11.6. The number of methoxy groups -OCH3 is 1. The molecule has 0 aromatic carbocycles. The molecule has 0 radical (unpaired) electrons. The first-order valence-electron chi connectivity index (χ1n) is 5.98. The van der Waals surface area contributed by atoms with Gasteiger partial charge < -0.3 is 15.8 Å². The van der Waals surface area contributed by atoms with Crippen LogP contribution < -0.4 is 11.1 Å². The molecule has 1 heterocycles. The molecular weight excluding hydrogens is 277 g/mol. The number of hydrogen-bond donors (Lipinski definition) is 2. The van der Waals surface area contributed by atoms with Crippen LogP contribution in [-0.4, -0.2) is 35.6 Å². The molecule has 114 valence electrons. The maximum Gasteiger partial charge on any atom is 0.405 e. The highest BCUT2D eigenvalue weighted by Crippen LogP contribution is 2.27. The van der Waals surface area contributed by atoms with Crippen LogP contribution in [0.3, 0.4) is 0 Å². The van der Waals surface area contributed by atoms with Crippen LogP contribution >= 0.6 is 0 Å². The standard InChI is InChI=1S/C11H17F3N4O2/c1-4-6(2)18-8(15)7(10(19)20-3)9(17-18)16-5-11(12,13)14/h6H,4-5,15H2,1-3H3,(H,16,17). The van der Waals surface area contributed by atoms with Crippen molar-refractivity contribution >= 4 is 17.6 Å². The molecule has 0 spiro atoms. The third-order valence-corrected chi connectivity index (χ3v) is 2.80. The smallest absolute Gasteiger partial charge is 0.405 e. The third kappa shape index (κ3) is 3.55. The fraction of sp³-hybridized carbons (Fsp3) is 0.636. The third-order valence-electron chi connectivity index (χ3n) is 2.80. The van der Waals surface area contributed by atoms with Crippen molar-refractivity contribution in [2.24, 2.45) is 0 Å². The number of alkyl halides is 3. The number of hydrogen-bond acceptors (Lipinski definition) is 5. The first-order valence-corrected chi connectivity index (χ1v) is 5.98. The predicted molar refractivity (Wildman–Crippen MR) is 67.5 cm³/mol. The minimum atomic E-state index is -4.43. The van der Waals surface area contributed by atoms with E-state index in [4.69, 9.17) is 5.73 Å². The van der Waals surface area contributed by atoms with Gasteiger partial charge in [0.15, 0.2) is 5.82 Å². The lowest BCUT2D eigenvalue weighted by molar-refractivity contribution is -0.115. The van der Waals surface area contributed by atoms with Gasteiger partial charge in [0, 0.05) is 0 Å². The van der Waals surface area contributed by atoms with Crippen LogP contribution in [0.1, 0.15) is 36.7 Å². The molecule has 0 saturated carbocycles. The van der Waals surface area contributed by atoms with Gasteiger partial charge in [-0.1, -0.05) is 6.92 Å². The van der Waals surface area contributed by atoms with Gasteiger partial charge in [-0.3, -0.25) is 0 Å². The number of carbonyl (C=O) groups excluding carboxylic acids is 1. The van der Waals surface area contributed by atoms with Crippen LogP contribution in [0.2, 0.25) is 0 Å². The maximum absolute atomic E-state index is 12.2. The van der Waals surface area contributed by atoms with E-state index in [9.17, 15) is 18.0 Å². The minimum Gasteiger partial charge on any atom is -0.465 e. The van der Waals surface area contributed by atoms with Crippen LogP contribution in [-0.2, 0) is 4.74 Å². The predicted octanol–water partition coefficient (Wildman–Crippen LogP) is 2.20. The largest absolute Gasteiger partial charge is 0.465 e. The summed E-state index contributed by atoms with van der Waals surface area (Å²) in [6.07, 6.45) is -3.77. The van der Waals surface area contributed by atoms with Crippen molar-refractivity contribution in [2.45, 2.75) is 32.5 Å². The van der Waals surface area contributed by atoms with Crippen molar-refractivity contribution in [3.8, 4) is 0 Å². The van der Waals surface area contributed by atoms with Crippen LogP contribution in [0.4, 0.5) is 24.8 Å².